The van der Waals surface area contributed by atoms with Crippen molar-refractivity contribution in [1.29, 1.82) is 0 Å². The molecule has 0 unspecified atom stereocenters. The molecule has 8 nitrogen and oxygen atoms in total. The molecule has 0 saturated carbocycles. The van der Waals surface area contributed by atoms with Crippen LogP contribution in [0.2, 0.25) is 0 Å². The molecule has 0 aliphatic carbocycles. The molecule has 1 amide bonds. The molecule has 0 spiro atoms. The smallest absolute Gasteiger partial charge is 0.257 e. The van der Waals surface area contributed by atoms with Gasteiger partial charge in [0.25, 0.3) is 11.5 Å². The van der Waals surface area contributed by atoms with Crippen LogP contribution < -0.4 is 15.6 Å². The van der Waals surface area contributed by atoms with E-state index in [0.717, 1.165) is 41.8 Å². The minimum atomic E-state index is -0.261. The summed E-state index contributed by atoms with van der Waals surface area (Å²) < 4.78 is 12.9. The Bertz CT molecular complexity index is 1110. The molecule has 0 saturated heterocycles. The van der Waals surface area contributed by atoms with Gasteiger partial charge < -0.3 is 19.1 Å². The Morgan fingerprint density at radius 2 is 2.16 bits per heavy atom. The predicted octanol–water partition coefficient (Wildman–Crippen LogP) is 3.08. The van der Waals surface area contributed by atoms with E-state index in [9.17, 15) is 9.59 Å². The highest BCUT2D eigenvalue weighted by atomic mass is 16.5. The van der Waals surface area contributed by atoms with Crippen molar-refractivity contribution >= 4 is 5.91 Å². The van der Waals surface area contributed by atoms with Crippen LogP contribution >= 0.6 is 0 Å². The number of aryl methyl sites for hydroxylation is 2. The molecule has 0 fully saturated rings. The zero-order valence-corrected chi connectivity index (χ0v) is 17.8. The third-order valence-corrected chi connectivity index (χ3v) is 5.63. The van der Waals surface area contributed by atoms with Gasteiger partial charge in [0.1, 0.15) is 23.7 Å². The summed E-state index contributed by atoms with van der Waals surface area (Å²) in [6, 6.07) is 5.15. The molecule has 1 aliphatic rings. The number of fused-ring (bicyclic) bond motifs is 1. The summed E-state index contributed by atoms with van der Waals surface area (Å²) in [5.41, 5.74) is 3.46. The number of ether oxygens (including phenoxy) is 1. The Morgan fingerprint density at radius 3 is 2.90 bits per heavy atom. The molecule has 162 valence electrons. The second-order valence-electron chi connectivity index (χ2n) is 7.77. The van der Waals surface area contributed by atoms with E-state index in [1.54, 1.807) is 17.0 Å². The Kier molecular flexibility index (Phi) is 6.16. The molecule has 3 aromatic heterocycles. The molecule has 0 atom stereocenters. The van der Waals surface area contributed by atoms with Crippen LogP contribution in [0.15, 0.2) is 39.9 Å². The number of aromatic nitrogens is 3. The van der Waals surface area contributed by atoms with Gasteiger partial charge in [0, 0.05) is 37.2 Å². The van der Waals surface area contributed by atoms with E-state index in [0.29, 0.717) is 36.6 Å². The van der Waals surface area contributed by atoms with E-state index in [1.165, 1.54) is 6.07 Å². The third kappa shape index (κ3) is 4.52. The monoisotopic (exact) mass is 422 g/mol. The maximum atomic E-state index is 13.3. The molecule has 0 radical (unpaired) electrons. The van der Waals surface area contributed by atoms with Crippen molar-refractivity contribution in [3.63, 3.8) is 0 Å². The number of hydrogen-bond donors (Lipinski definition) is 1. The molecule has 0 bridgehead atoms. The Balaban J connectivity index is 1.67. The van der Waals surface area contributed by atoms with E-state index in [1.807, 2.05) is 26.0 Å². The van der Waals surface area contributed by atoms with Crippen LogP contribution in [-0.2, 0) is 26.1 Å². The van der Waals surface area contributed by atoms with Crippen LogP contribution in [0.1, 0.15) is 57.9 Å². The second kappa shape index (κ2) is 9.16. The lowest BCUT2D eigenvalue weighted by Crippen LogP contribution is -2.31. The highest BCUT2D eigenvalue weighted by Gasteiger charge is 2.24. The first-order valence-electron chi connectivity index (χ1n) is 10.5. The lowest BCUT2D eigenvalue weighted by molar-refractivity contribution is 0.0944. The first-order chi connectivity index (χ1) is 15.0. The van der Waals surface area contributed by atoms with Gasteiger partial charge in [-0.05, 0) is 44.7 Å². The number of carbonyl (C=O) groups excluding carboxylic acids is 1. The van der Waals surface area contributed by atoms with Gasteiger partial charge in [-0.25, -0.2) is 0 Å². The number of amides is 1. The van der Waals surface area contributed by atoms with Gasteiger partial charge in [0.05, 0.1) is 11.3 Å². The Morgan fingerprint density at radius 1 is 1.29 bits per heavy atom. The number of pyridine rings is 2. The largest absolute Gasteiger partial charge is 0.488 e. The number of carbonyl (C=O) groups is 1. The highest BCUT2D eigenvalue weighted by Crippen LogP contribution is 2.26. The van der Waals surface area contributed by atoms with Gasteiger partial charge in [-0.1, -0.05) is 17.6 Å². The van der Waals surface area contributed by atoms with Crippen molar-refractivity contribution in [3.8, 4) is 5.75 Å². The fourth-order valence-electron chi connectivity index (χ4n) is 3.90. The van der Waals surface area contributed by atoms with Crippen LogP contribution in [0.5, 0.6) is 5.75 Å². The topological polar surface area (TPSA) is 99.3 Å². The summed E-state index contributed by atoms with van der Waals surface area (Å²) in [5, 5.41) is 6.90. The minimum absolute atomic E-state index is 0.144. The molecule has 1 aliphatic heterocycles. The molecule has 4 heterocycles. The lowest BCUT2D eigenvalue weighted by atomic mass is 10.1. The molecule has 4 rings (SSSR count). The van der Waals surface area contributed by atoms with Gasteiger partial charge in [0.15, 0.2) is 0 Å². The van der Waals surface area contributed by atoms with E-state index in [-0.39, 0.29) is 18.1 Å². The number of hydrogen-bond acceptors (Lipinski definition) is 6. The van der Waals surface area contributed by atoms with Crippen LogP contribution in [-0.4, -0.2) is 20.6 Å². The first kappa shape index (κ1) is 20.8. The minimum Gasteiger partial charge on any atom is -0.488 e. The van der Waals surface area contributed by atoms with Crippen LogP contribution in [0.4, 0.5) is 0 Å². The zero-order chi connectivity index (χ0) is 21.8. The molecular weight excluding hydrogens is 396 g/mol. The van der Waals surface area contributed by atoms with E-state index in [4.69, 9.17) is 9.26 Å². The number of nitrogens with zero attached hydrogens (tertiary/aromatic N) is 3. The van der Waals surface area contributed by atoms with Gasteiger partial charge in [-0.2, -0.15) is 0 Å². The molecule has 3 aromatic rings. The average molecular weight is 422 g/mol. The maximum Gasteiger partial charge on any atom is 0.257 e. The summed E-state index contributed by atoms with van der Waals surface area (Å²) in [7, 11) is 0. The third-order valence-electron chi connectivity index (χ3n) is 5.63. The molecule has 0 aromatic carbocycles. The van der Waals surface area contributed by atoms with E-state index < -0.39 is 0 Å². The van der Waals surface area contributed by atoms with Crippen molar-refractivity contribution in [1.82, 2.24) is 20.0 Å². The summed E-state index contributed by atoms with van der Waals surface area (Å²) in [5.74, 6) is 0.691. The van der Waals surface area contributed by atoms with Gasteiger partial charge >= 0.3 is 0 Å². The molecular formula is C23H26N4O4. The summed E-state index contributed by atoms with van der Waals surface area (Å²) in [6.07, 6.45) is 6.93. The quantitative estimate of drug-likeness (QED) is 0.655. The van der Waals surface area contributed by atoms with Crippen molar-refractivity contribution in [2.75, 3.05) is 0 Å². The standard InChI is InChI=1S/C23H26N4O4/c1-15-18(16(2)31-26-15)14-30-20-11-21(28)27-10-5-3-4-8-19(27)22(20)23(29)25-13-17-7-6-9-24-12-17/h6-7,9,11-12H,3-5,8,10,13-14H2,1-2H3,(H,25,29). The fraction of sp³-hybridized carbons (Fsp3) is 0.391. The van der Waals surface area contributed by atoms with Crippen molar-refractivity contribution in [2.45, 2.75) is 59.2 Å². The summed E-state index contributed by atoms with van der Waals surface area (Å²) in [4.78, 5) is 30.2. The SMILES string of the molecule is Cc1noc(C)c1COc1cc(=O)n2c(c1C(=O)NCc1cccnc1)CCCCC2. The maximum absolute atomic E-state index is 13.3. The van der Waals surface area contributed by atoms with E-state index >= 15 is 0 Å². The van der Waals surface area contributed by atoms with Crippen molar-refractivity contribution in [3.05, 3.63) is 74.8 Å². The molecule has 8 heteroatoms. The van der Waals surface area contributed by atoms with Gasteiger partial charge in [0.2, 0.25) is 0 Å². The summed E-state index contributed by atoms with van der Waals surface area (Å²) in [6.45, 7) is 4.78. The van der Waals surface area contributed by atoms with Crippen molar-refractivity contribution in [2.24, 2.45) is 0 Å². The first-order valence-corrected chi connectivity index (χ1v) is 10.5. The highest BCUT2D eigenvalue weighted by molar-refractivity contribution is 5.98. The van der Waals surface area contributed by atoms with Crippen molar-refractivity contribution < 1.29 is 14.1 Å². The molecule has 31 heavy (non-hydrogen) atoms. The van der Waals surface area contributed by atoms with Crippen LogP contribution in [0.25, 0.3) is 0 Å². The number of rotatable bonds is 6. The second-order valence-corrected chi connectivity index (χ2v) is 7.77. The normalized spacial score (nSPS) is 13.4. The average Bonchev–Trinajstić information content (AvgIpc) is 2.95. The predicted molar refractivity (Wildman–Crippen MR) is 114 cm³/mol. The zero-order valence-electron chi connectivity index (χ0n) is 17.8. The molecule has 1 N–H and O–H groups in total. The fourth-order valence-corrected chi connectivity index (χ4v) is 3.90. The Hall–Kier alpha value is -3.42. The van der Waals surface area contributed by atoms with E-state index in [2.05, 4.69) is 15.5 Å². The number of nitrogens with one attached hydrogen (secondary N) is 1. The van der Waals surface area contributed by atoms with Crippen LogP contribution in [0, 0.1) is 13.8 Å². The summed E-state index contributed by atoms with van der Waals surface area (Å²) >= 11 is 0. The van der Waals surface area contributed by atoms with Gasteiger partial charge in [-0.3, -0.25) is 14.6 Å². The lowest BCUT2D eigenvalue weighted by Gasteiger charge is -2.18. The van der Waals surface area contributed by atoms with Gasteiger partial charge in [-0.15, -0.1) is 0 Å². The van der Waals surface area contributed by atoms with Crippen LogP contribution in [0.3, 0.4) is 0 Å². The Labute approximate surface area is 180 Å².